The number of nitrogens with zero attached hydrogens (tertiary/aromatic N) is 3. The fourth-order valence-corrected chi connectivity index (χ4v) is 3.00. The molecule has 0 radical (unpaired) electrons. The number of carbonyl (C=O) groups excluding carboxylic acids is 1. The summed E-state index contributed by atoms with van der Waals surface area (Å²) in [5.74, 6) is 1.10. The van der Waals surface area contributed by atoms with E-state index in [1.165, 1.54) is 0 Å². The van der Waals surface area contributed by atoms with Crippen LogP contribution in [-0.2, 0) is 6.42 Å². The van der Waals surface area contributed by atoms with Gasteiger partial charge in [-0.15, -0.1) is 0 Å². The van der Waals surface area contributed by atoms with Gasteiger partial charge in [-0.05, 0) is 30.9 Å². The summed E-state index contributed by atoms with van der Waals surface area (Å²) >= 11 is 0. The minimum atomic E-state index is -0.978. The fraction of sp³-hybridized carbons (Fsp3) is 0.500. The second-order valence-corrected chi connectivity index (χ2v) is 7.05. The molecule has 7 heteroatoms. The first kappa shape index (κ1) is 17.4. The van der Waals surface area contributed by atoms with Gasteiger partial charge in [0.25, 0.3) is 5.91 Å². The Morgan fingerprint density at radius 1 is 1.48 bits per heavy atom. The van der Waals surface area contributed by atoms with Crippen LogP contribution in [-0.4, -0.2) is 46.4 Å². The van der Waals surface area contributed by atoms with Crippen molar-refractivity contribution < 1.29 is 14.4 Å². The van der Waals surface area contributed by atoms with Gasteiger partial charge in [0.1, 0.15) is 11.4 Å². The zero-order chi connectivity index (χ0) is 17.9. The second-order valence-electron chi connectivity index (χ2n) is 7.05. The molecular formula is C18H24N4O3. The smallest absolute Gasteiger partial charge is 0.290 e. The Labute approximate surface area is 147 Å². The summed E-state index contributed by atoms with van der Waals surface area (Å²) in [6.45, 7) is 5.45. The molecule has 1 saturated heterocycles. The summed E-state index contributed by atoms with van der Waals surface area (Å²) in [6.07, 6.45) is 3.06. The number of β-amino-alcohol motifs (C(OH)–C–C–N with tert-alkyl or cyclic N) is 1. The molecule has 0 spiro atoms. The van der Waals surface area contributed by atoms with Crippen LogP contribution >= 0.6 is 0 Å². The zero-order valence-corrected chi connectivity index (χ0v) is 14.6. The maximum Gasteiger partial charge on any atom is 0.290 e. The molecule has 3 heterocycles. The monoisotopic (exact) mass is 344 g/mol. The molecule has 25 heavy (non-hydrogen) atoms. The van der Waals surface area contributed by atoms with E-state index in [0.29, 0.717) is 25.4 Å². The van der Waals surface area contributed by atoms with Gasteiger partial charge in [-0.25, -0.2) is 4.98 Å². The Morgan fingerprint density at radius 3 is 3.04 bits per heavy atom. The normalized spacial score (nSPS) is 20.2. The molecule has 2 aromatic rings. The van der Waals surface area contributed by atoms with E-state index in [0.717, 1.165) is 17.9 Å². The van der Waals surface area contributed by atoms with Crippen molar-refractivity contribution >= 4 is 11.7 Å². The summed E-state index contributed by atoms with van der Waals surface area (Å²) in [6, 6.07) is 7.35. The van der Waals surface area contributed by atoms with E-state index in [2.05, 4.69) is 29.3 Å². The van der Waals surface area contributed by atoms with Crippen molar-refractivity contribution in [3.05, 3.63) is 41.9 Å². The van der Waals surface area contributed by atoms with Crippen LogP contribution in [0.15, 0.2) is 35.0 Å². The predicted molar refractivity (Wildman–Crippen MR) is 93.4 cm³/mol. The van der Waals surface area contributed by atoms with E-state index in [9.17, 15) is 9.90 Å². The minimum Gasteiger partial charge on any atom is -0.386 e. The Morgan fingerprint density at radius 2 is 2.32 bits per heavy atom. The maximum atomic E-state index is 12.2. The number of anilines is 1. The van der Waals surface area contributed by atoms with Crippen molar-refractivity contribution in [3.8, 4) is 0 Å². The molecule has 3 rings (SSSR count). The van der Waals surface area contributed by atoms with Crippen molar-refractivity contribution in [3.63, 3.8) is 0 Å². The molecule has 0 saturated carbocycles. The molecule has 1 fully saturated rings. The van der Waals surface area contributed by atoms with Gasteiger partial charge in [0.2, 0.25) is 5.76 Å². The van der Waals surface area contributed by atoms with Crippen molar-refractivity contribution in [2.24, 2.45) is 5.92 Å². The lowest BCUT2D eigenvalue weighted by Crippen LogP contribution is -2.45. The van der Waals surface area contributed by atoms with E-state index in [4.69, 9.17) is 4.52 Å². The van der Waals surface area contributed by atoms with Gasteiger partial charge in [-0.1, -0.05) is 25.1 Å². The molecule has 0 bridgehead atoms. The molecule has 2 N–H and O–H groups in total. The molecule has 1 aliphatic rings. The van der Waals surface area contributed by atoms with Crippen molar-refractivity contribution in [1.29, 1.82) is 0 Å². The second kappa shape index (κ2) is 7.23. The highest BCUT2D eigenvalue weighted by molar-refractivity contribution is 5.91. The number of pyridine rings is 1. The van der Waals surface area contributed by atoms with E-state index in [1.54, 1.807) is 12.3 Å². The van der Waals surface area contributed by atoms with Crippen LogP contribution in [0.4, 0.5) is 5.82 Å². The Balaban J connectivity index is 1.54. The van der Waals surface area contributed by atoms with Crippen LogP contribution in [0.25, 0.3) is 0 Å². The number of aliphatic hydroxyl groups is 1. The molecule has 1 unspecified atom stereocenters. The topological polar surface area (TPSA) is 91.5 Å². The number of amides is 1. The first-order chi connectivity index (χ1) is 12.0. The first-order valence-electron chi connectivity index (χ1n) is 8.57. The van der Waals surface area contributed by atoms with Gasteiger partial charge in [0, 0.05) is 31.9 Å². The van der Waals surface area contributed by atoms with Crippen LogP contribution in [0.3, 0.4) is 0 Å². The van der Waals surface area contributed by atoms with Crippen LogP contribution in [0.1, 0.15) is 36.5 Å². The number of hydrogen-bond acceptors (Lipinski definition) is 6. The summed E-state index contributed by atoms with van der Waals surface area (Å²) in [7, 11) is 0. The third-order valence-electron chi connectivity index (χ3n) is 4.28. The SMILES string of the molecule is CC(C)Cc1cc(C(=O)NCC2(O)CCN(c3ccccn3)C2)on1. The fourth-order valence-electron chi connectivity index (χ4n) is 3.00. The molecular weight excluding hydrogens is 320 g/mol. The highest BCUT2D eigenvalue weighted by Crippen LogP contribution is 2.24. The Kier molecular flexibility index (Phi) is 5.03. The molecule has 134 valence electrons. The molecule has 1 atom stereocenters. The third-order valence-corrected chi connectivity index (χ3v) is 4.28. The molecule has 1 amide bonds. The average Bonchev–Trinajstić information content (AvgIpc) is 3.21. The summed E-state index contributed by atoms with van der Waals surface area (Å²) in [5.41, 5.74) is -0.213. The molecule has 7 nitrogen and oxygen atoms in total. The molecule has 2 aromatic heterocycles. The standard InChI is InChI=1S/C18H24N4O3/c1-13(2)9-14-10-15(25-21-14)17(23)20-11-18(24)6-8-22(12-18)16-5-3-4-7-19-16/h3-5,7,10,13,24H,6,8-9,11-12H2,1-2H3,(H,20,23). The number of rotatable bonds is 6. The van der Waals surface area contributed by atoms with Gasteiger partial charge in [-0.2, -0.15) is 0 Å². The lowest BCUT2D eigenvalue weighted by molar-refractivity contribution is 0.0564. The van der Waals surface area contributed by atoms with Crippen molar-refractivity contribution in [1.82, 2.24) is 15.5 Å². The van der Waals surface area contributed by atoms with Gasteiger partial charge < -0.3 is 19.8 Å². The van der Waals surface area contributed by atoms with E-state index < -0.39 is 5.60 Å². The zero-order valence-electron chi connectivity index (χ0n) is 14.6. The number of carbonyl (C=O) groups is 1. The summed E-state index contributed by atoms with van der Waals surface area (Å²) in [5, 5.41) is 17.4. The van der Waals surface area contributed by atoms with E-state index in [-0.39, 0.29) is 18.2 Å². The van der Waals surface area contributed by atoms with Gasteiger partial charge >= 0.3 is 0 Å². The van der Waals surface area contributed by atoms with Crippen LogP contribution in [0, 0.1) is 5.92 Å². The van der Waals surface area contributed by atoms with Gasteiger partial charge in [0.15, 0.2) is 0 Å². The Bertz CT molecular complexity index is 716. The van der Waals surface area contributed by atoms with Gasteiger partial charge in [-0.3, -0.25) is 4.79 Å². The summed E-state index contributed by atoms with van der Waals surface area (Å²) < 4.78 is 5.10. The Hall–Kier alpha value is -2.41. The number of nitrogens with one attached hydrogen (secondary N) is 1. The highest BCUT2D eigenvalue weighted by Gasteiger charge is 2.37. The molecule has 1 aliphatic heterocycles. The van der Waals surface area contributed by atoms with Crippen molar-refractivity contribution in [2.75, 3.05) is 24.5 Å². The van der Waals surface area contributed by atoms with Crippen molar-refractivity contribution in [2.45, 2.75) is 32.3 Å². The first-order valence-corrected chi connectivity index (χ1v) is 8.57. The van der Waals surface area contributed by atoms with Crippen LogP contribution in [0.2, 0.25) is 0 Å². The van der Waals surface area contributed by atoms with Crippen LogP contribution in [0.5, 0.6) is 0 Å². The lowest BCUT2D eigenvalue weighted by Gasteiger charge is -2.23. The molecule has 0 aromatic carbocycles. The largest absolute Gasteiger partial charge is 0.386 e. The minimum absolute atomic E-state index is 0.162. The quantitative estimate of drug-likeness (QED) is 0.828. The molecule has 0 aliphatic carbocycles. The third kappa shape index (κ3) is 4.36. The highest BCUT2D eigenvalue weighted by atomic mass is 16.5. The number of hydrogen-bond donors (Lipinski definition) is 2. The average molecular weight is 344 g/mol. The van der Waals surface area contributed by atoms with E-state index in [1.807, 2.05) is 23.1 Å². The number of aromatic nitrogens is 2. The predicted octanol–water partition coefficient (Wildman–Crippen LogP) is 1.64. The lowest BCUT2D eigenvalue weighted by atomic mass is 10.0. The van der Waals surface area contributed by atoms with Crippen LogP contribution < -0.4 is 10.2 Å². The van der Waals surface area contributed by atoms with E-state index >= 15 is 0 Å². The summed E-state index contributed by atoms with van der Waals surface area (Å²) in [4.78, 5) is 18.5. The maximum absolute atomic E-state index is 12.2. The van der Waals surface area contributed by atoms with Gasteiger partial charge in [0.05, 0.1) is 5.69 Å².